The monoisotopic (exact) mass is 373 g/mol. The van der Waals surface area contributed by atoms with Crippen molar-refractivity contribution in [3.05, 3.63) is 34.1 Å². The zero-order chi connectivity index (χ0) is 18.6. The molecule has 0 saturated carbocycles. The summed E-state index contributed by atoms with van der Waals surface area (Å²) in [4.78, 5) is 22.4. The molecule has 1 aliphatic rings. The van der Waals surface area contributed by atoms with Crippen LogP contribution in [0.4, 0.5) is 15.8 Å². The summed E-state index contributed by atoms with van der Waals surface area (Å²) in [6.45, 7) is 2.15. The fourth-order valence-corrected chi connectivity index (χ4v) is 4.34. The van der Waals surface area contributed by atoms with Gasteiger partial charge in [-0.2, -0.15) is 0 Å². The van der Waals surface area contributed by atoms with Crippen molar-refractivity contribution in [3.63, 3.8) is 0 Å². The third kappa shape index (κ3) is 4.73. The van der Waals surface area contributed by atoms with Gasteiger partial charge in [-0.25, -0.2) is 17.1 Å². The fraction of sp³-hybridized carbons (Fsp3) is 0.533. The molecule has 2 rings (SSSR count). The van der Waals surface area contributed by atoms with Crippen molar-refractivity contribution in [2.24, 2.45) is 5.92 Å². The standard InChI is InChI=1S/C15H20FN3O5S/c1-2-8-25(23,24)18-7-3-4-11(10-18)15(20)17-14-9-12(19(21)22)5-6-13(14)16/h5-6,9,11H,2-4,7-8,10H2,1H3,(H,17,20). The van der Waals surface area contributed by atoms with Crippen molar-refractivity contribution in [1.82, 2.24) is 4.31 Å². The number of non-ortho nitro benzene ring substituents is 1. The van der Waals surface area contributed by atoms with E-state index in [0.717, 1.165) is 18.2 Å². The molecular weight excluding hydrogens is 353 g/mol. The Kier molecular flexibility index (Phi) is 6.07. The number of nitro benzene ring substituents is 1. The van der Waals surface area contributed by atoms with E-state index >= 15 is 0 Å². The lowest BCUT2D eigenvalue weighted by atomic mass is 9.98. The number of amides is 1. The van der Waals surface area contributed by atoms with Crippen molar-refractivity contribution < 1.29 is 22.5 Å². The number of carbonyl (C=O) groups excluding carboxylic acids is 1. The van der Waals surface area contributed by atoms with Crippen LogP contribution in [-0.2, 0) is 14.8 Å². The summed E-state index contributed by atoms with van der Waals surface area (Å²) < 4.78 is 39.4. The minimum Gasteiger partial charge on any atom is -0.323 e. The highest BCUT2D eigenvalue weighted by atomic mass is 32.2. The van der Waals surface area contributed by atoms with Crippen molar-refractivity contribution in [2.75, 3.05) is 24.2 Å². The first-order chi connectivity index (χ1) is 11.7. The highest BCUT2D eigenvalue weighted by Crippen LogP contribution is 2.25. The SMILES string of the molecule is CCCS(=O)(=O)N1CCCC(C(=O)Nc2cc([N+](=O)[O-])ccc2F)C1. The van der Waals surface area contributed by atoms with E-state index in [1.54, 1.807) is 6.92 Å². The van der Waals surface area contributed by atoms with Crippen LogP contribution < -0.4 is 5.32 Å². The Hall–Kier alpha value is -2.07. The molecule has 0 aliphatic carbocycles. The van der Waals surface area contributed by atoms with Crippen LogP contribution in [0.15, 0.2) is 18.2 Å². The quantitative estimate of drug-likeness (QED) is 0.607. The van der Waals surface area contributed by atoms with Crippen LogP contribution in [-0.4, -0.2) is 42.4 Å². The third-order valence-electron chi connectivity index (χ3n) is 4.03. The second-order valence-corrected chi connectivity index (χ2v) is 8.01. The molecule has 0 radical (unpaired) electrons. The molecule has 25 heavy (non-hydrogen) atoms. The van der Waals surface area contributed by atoms with Crippen molar-refractivity contribution in [2.45, 2.75) is 26.2 Å². The number of hydrogen-bond acceptors (Lipinski definition) is 5. The summed E-state index contributed by atoms with van der Waals surface area (Å²) >= 11 is 0. The molecule has 0 aromatic heterocycles. The molecular formula is C15H20FN3O5S. The van der Waals surface area contributed by atoms with Gasteiger partial charge in [0.05, 0.1) is 22.3 Å². The van der Waals surface area contributed by atoms with E-state index in [0.29, 0.717) is 25.8 Å². The number of benzene rings is 1. The highest BCUT2D eigenvalue weighted by molar-refractivity contribution is 7.89. The molecule has 1 fully saturated rings. The smallest absolute Gasteiger partial charge is 0.271 e. The molecule has 1 N–H and O–H groups in total. The summed E-state index contributed by atoms with van der Waals surface area (Å²) in [6, 6.07) is 2.86. The van der Waals surface area contributed by atoms with Crippen molar-refractivity contribution in [1.29, 1.82) is 0 Å². The Labute approximate surface area is 145 Å². The van der Waals surface area contributed by atoms with Gasteiger partial charge >= 0.3 is 0 Å². The third-order valence-corrected chi connectivity index (χ3v) is 6.07. The molecule has 10 heteroatoms. The van der Waals surface area contributed by atoms with Crippen LogP contribution in [0.3, 0.4) is 0 Å². The predicted molar refractivity (Wildman–Crippen MR) is 90.1 cm³/mol. The molecule has 1 atom stereocenters. The summed E-state index contributed by atoms with van der Waals surface area (Å²) in [5, 5.41) is 13.1. The number of nitrogens with zero attached hydrogens (tertiary/aromatic N) is 2. The number of anilines is 1. The topological polar surface area (TPSA) is 110 Å². The van der Waals surface area contributed by atoms with Crippen LogP contribution in [0.2, 0.25) is 0 Å². The van der Waals surface area contributed by atoms with Crippen molar-refractivity contribution >= 4 is 27.3 Å². The van der Waals surface area contributed by atoms with Gasteiger partial charge in [0.1, 0.15) is 5.82 Å². The number of piperidine rings is 1. The van der Waals surface area contributed by atoms with Gasteiger partial charge in [0.15, 0.2) is 0 Å². The van der Waals surface area contributed by atoms with E-state index < -0.39 is 32.6 Å². The summed E-state index contributed by atoms with van der Waals surface area (Å²) in [7, 11) is -3.41. The number of rotatable bonds is 6. The van der Waals surface area contributed by atoms with E-state index in [-0.39, 0.29) is 23.7 Å². The zero-order valence-corrected chi connectivity index (χ0v) is 14.6. The van der Waals surface area contributed by atoms with Gasteiger partial charge in [-0.05, 0) is 25.3 Å². The van der Waals surface area contributed by atoms with Gasteiger partial charge in [0.25, 0.3) is 5.69 Å². The van der Waals surface area contributed by atoms with Crippen LogP contribution in [0.1, 0.15) is 26.2 Å². The van der Waals surface area contributed by atoms with E-state index in [9.17, 15) is 27.7 Å². The largest absolute Gasteiger partial charge is 0.323 e. The summed E-state index contributed by atoms with van der Waals surface area (Å²) in [5.74, 6) is -1.94. The predicted octanol–water partition coefficient (Wildman–Crippen LogP) is 2.12. The molecule has 8 nitrogen and oxygen atoms in total. The van der Waals surface area contributed by atoms with Crippen molar-refractivity contribution in [3.8, 4) is 0 Å². The molecule has 1 aliphatic heterocycles. The second kappa shape index (κ2) is 7.87. The van der Waals surface area contributed by atoms with Gasteiger partial charge in [-0.15, -0.1) is 0 Å². The van der Waals surface area contributed by atoms with Crippen LogP contribution >= 0.6 is 0 Å². The Morgan fingerprint density at radius 1 is 1.48 bits per heavy atom. The van der Waals surface area contributed by atoms with E-state index in [1.807, 2.05) is 0 Å². The first-order valence-electron chi connectivity index (χ1n) is 7.97. The first kappa shape index (κ1) is 19.3. The Morgan fingerprint density at radius 2 is 2.20 bits per heavy atom. The number of nitro groups is 1. The number of carbonyl (C=O) groups is 1. The summed E-state index contributed by atoms with van der Waals surface area (Å²) in [5.41, 5.74) is -0.625. The minimum atomic E-state index is -3.41. The maximum atomic E-state index is 13.8. The molecule has 1 amide bonds. The zero-order valence-electron chi connectivity index (χ0n) is 13.8. The average Bonchev–Trinajstić information content (AvgIpc) is 2.56. The lowest BCUT2D eigenvalue weighted by Gasteiger charge is -2.31. The molecule has 138 valence electrons. The summed E-state index contributed by atoms with van der Waals surface area (Å²) in [6.07, 6.45) is 1.48. The van der Waals surface area contributed by atoms with Crippen LogP contribution in [0.25, 0.3) is 0 Å². The van der Waals surface area contributed by atoms with Gasteiger partial charge in [-0.1, -0.05) is 6.92 Å². The number of hydrogen-bond donors (Lipinski definition) is 1. The number of nitrogens with one attached hydrogen (secondary N) is 1. The first-order valence-corrected chi connectivity index (χ1v) is 9.58. The van der Waals surface area contributed by atoms with E-state index in [4.69, 9.17) is 0 Å². The van der Waals surface area contributed by atoms with E-state index in [2.05, 4.69) is 5.32 Å². The van der Waals surface area contributed by atoms with E-state index in [1.165, 1.54) is 4.31 Å². The van der Waals surface area contributed by atoms with Crippen LogP contribution in [0, 0.1) is 21.8 Å². The maximum absolute atomic E-state index is 13.8. The lowest BCUT2D eigenvalue weighted by molar-refractivity contribution is -0.384. The Bertz CT molecular complexity index is 768. The Morgan fingerprint density at radius 3 is 2.84 bits per heavy atom. The fourth-order valence-electron chi connectivity index (χ4n) is 2.75. The molecule has 1 unspecified atom stereocenters. The maximum Gasteiger partial charge on any atom is 0.271 e. The molecule has 1 aromatic rings. The molecule has 1 aromatic carbocycles. The normalized spacial score (nSPS) is 18.7. The lowest BCUT2D eigenvalue weighted by Crippen LogP contribution is -2.44. The van der Waals surface area contributed by atoms with Crippen LogP contribution in [0.5, 0.6) is 0 Å². The number of sulfonamides is 1. The molecule has 1 saturated heterocycles. The van der Waals surface area contributed by atoms with Gasteiger partial charge in [0, 0.05) is 25.2 Å². The molecule has 1 heterocycles. The van der Waals surface area contributed by atoms with Gasteiger partial charge in [-0.3, -0.25) is 14.9 Å². The highest BCUT2D eigenvalue weighted by Gasteiger charge is 2.32. The number of halogens is 1. The van der Waals surface area contributed by atoms with Gasteiger partial charge < -0.3 is 5.32 Å². The minimum absolute atomic E-state index is 0.0147. The van der Waals surface area contributed by atoms with Gasteiger partial charge in [0.2, 0.25) is 15.9 Å². The molecule has 0 bridgehead atoms. The second-order valence-electron chi connectivity index (χ2n) is 5.92. The Balaban J connectivity index is 2.11. The average molecular weight is 373 g/mol. The molecule has 0 spiro atoms.